The van der Waals surface area contributed by atoms with Crippen LogP contribution in [0.15, 0.2) is 91.0 Å². The first-order valence-electron chi connectivity index (χ1n) is 10.2. The summed E-state index contributed by atoms with van der Waals surface area (Å²) in [7, 11) is 0. The molecule has 0 saturated carbocycles. The van der Waals surface area contributed by atoms with Crippen LogP contribution in [0.25, 0.3) is 33.5 Å². The number of benzene rings is 4. The predicted octanol–water partition coefficient (Wildman–Crippen LogP) is 6.26. The highest BCUT2D eigenvalue weighted by Crippen LogP contribution is 2.28. The molecule has 5 aromatic rings. The lowest BCUT2D eigenvalue weighted by molar-refractivity contribution is 0.0699. The maximum atomic E-state index is 11.4. The van der Waals surface area contributed by atoms with Crippen molar-refractivity contribution >= 4 is 17.0 Å². The van der Waals surface area contributed by atoms with Crippen LogP contribution >= 0.6 is 0 Å². The van der Waals surface area contributed by atoms with Gasteiger partial charge in [-0.25, -0.2) is 9.78 Å². The van der Waals surface area contributed by atoms with E-state index in [1.807, 2.05) is 54.6 Å². The molecule has 0 amide bonds. The van der Waals surface area contributed by atoms with E-state index in [9.17, 15) is 9.90 Å². The maximum Gasteiger partial charge on any atom is 0.337 e. The summed E-state index contributed by atoms with van der Waals surface area (Å²) in [5.41, 5.74) is 4.83. The Bertz CT molecular complexity index is 1490. The zero-order chi connectivity index (χ0) is 22.8. The molecule has 0 radical (unpaired) electrons. The van der Waals surface area contributed by atoms with Gasteiger partial charge in [0.15, 0.2) is 0 Å². The number of nitriles is 1. The highest BCUT2D eigenvalue weighted by Gasteiger charge is 2.13. The number of fused-ring (bicyclic) bond motifs is 1. The third-order valence-corrected chi connectivity index (χ3v) is 5.31. The fraction of sp³-hybridized carbons (Fsp3) is 0. The number of aromatic amines is 1. The van der Waals surface area contributed by atoms with Gasteiger partial charge in [-0.2, -0.15) is 5.26 Å². The molecule has 33 heavy (non-hydrogen) atoms. The topological polar surface area (TPSA) is 99.0 Å². The fourth-order valence-corrected chi connectivity index (χ4v) is 3.61. The van der Waals surface area contributed by atoms with Crippen LogP contribution < -0.4 is 4.74 Å². The largest absolute Gasteiger partial charge is 0.478 e. The van der Waals surface area contributed by atoms with E-state index >= 15 is 0 Å². The monoisotopic (exact) mass is 431 g/mol. The molecule has 158 valence electrons. The number of nitrogens with zero attached hydrogens (tertiary/aromatic N) is 2. The predicted molar refractivity (Wildman–Crippen MR) is 125 cm³/mol. The average molecular weight is 431 g/mol. The van der Waals surface area contributed by atoms with E-state index in [0.29, 0.717) is 33.9 Å². The van der Waals surface area contributed by atoms with Crippen LogP contribution in [-0.2, 0) is 0 Å². The lowest BCUT2D eigenvalue weighted by Gasteiger charge is -2.07. The second kappa shape index (κ2) is 8.33. The van der Waals surface area contributed by atoms with E-state index in [4.69, 9.17) is 10.00 Å². The van der Waals surface area contributed by atoms with E-state index in [-0.39, 0.29) is 5.56 Å². The number of ether oxygens (including phenoxy) is 1. The molecule has 5 rings (SSSR count). The second-order valence-electron chi connectivity index (χ2n) is 7.43. The molecule has 0 atom stereocenters. The number of aromatic nitrogens is 2. The number of rotatable bonds is 5. The highest BCUT2D eigenvalue weighted by molar-refractivity contribution is 6.01. The van der Waals surface area contributed by atoms with Crippen LogP contribution in [0.2, 0.25) is 0 Å². The number of imidazole rings is 1. The Kier molecular flexibility index (Phi) is 5.06. The van der Waals surface area contributed by atoms with Gasteiger partial charge in [0, 0.05) is 5.56 Å². The molecular formula is C27H17N3O3. The van der Waals surface area contributed by atoms with Crippen molar-refractivity contribution < 1.29 is 14.6 Å². The minimum absolute atomic E-state index is 0.176. The van der Waals surface area contributed by atoms with E-state index < -0.39 is 5.97 Å². The number of hydrogen-bond acceptors (Lipinski definition) is 4. The number of H-pyrrole nitrogens is 1. The molecule has 0 aliphatic carbocycles. The first-order valence-corrected chi connectivity index (χ1v) is 10.2. The van der Waals surface area contributed by atoms with Crippen LogP contribution in [0.4, 0.5) is 0 Å². The van der Waals surface area contributed by atoms with E-state index in [2.05, 4.69) is 16.0 Å². The van der Waals surface area contributed by atoms with Crippen molar-refractivity contribution in [3.05, 3.63) is 102 Å². The van der Waals surface area contributed by atoms with Gasteiger partial charge in [-0.3, -0.25) is 0 Å². The van der Waals surface area contributed by atoms with Gasteiger partial charge in [-0.1, -0.05) is 42.5 Å². The number of carboxylic acids is 1. The number of nitrogens with one attached hydrogen (secondary N) is 1. The van der Waals surface area contributed by atoms with Crippen LogP contribution in [0.1, 0.15) is 15.9 Å². The summed E-state index contributed by atoms with van der Waals surface area (Å²) in [4.78, 5) is 19.1. The van der Waals surface area contributed by atoms with Gasteiger partial charge in [0.25, 0.3) is 0 Å². The molecule has 0 bridgehead atoms. The fourth-order valence-electron chi connectivity index (χ4n) is 3.61. The Morgan fingerprint density at radius 2 is 1.39 bits per heavy atom. The highest BCUT2D eigenvalue weighted by atomic mass is 16.5. The minimum Gasteiger partial charge on any atom is -0.478 e. The van der Waals surface area contributed by atoms with Crippen LogP contribution in [0.5, 0.6) is 11.5 Å². The number of hydrogen-bond donors (Lipinski definition) is 2. The first kappa shape index (κ1) is 20.0. The molecular weight excluding hydrogens is 414 g/mol. The molecule has 0 spiro atoms. The molecule has 0 fully saturated rings. The summed E-state index contributed by atoms with van der Waals surface area (Å²) < 4.78 is 5.84. The average Bonchev–Trinajstić information content (AvgIpc) is 3.29. The van der Waals surface area contributed by atoms with Crippen molar-refractivity contribution in [2.75, 3.05) is 0 Å². The Morgan fingerprint density at radius 1 is 0.818 bits per heavy atom. The van der Waals surface area contributed by atoms with Crippen LogP contribution in [-0.4, -0.2) is 21.0 Å². The van der Waals surface area contributed by atoms with Crippen molar-refractivity contribution in [3.8, 4) is 40.1 Å². The SMILES string of the molecule is N#Cc1ccc(Oc2ccc(-c3ccc(-c4nc5c(C(=O)O)cccc5[nH]4)cc3)cc2)cc1. The van der Waals surface area contributed by atoms with Crippen LogP contribution in [0, 0.1) is 11.3 Å². The number of aromatic carboxylic acids is 1. The van der Waals surface area contributed by atoms with Crippen molar-refractivity contribution in [1.82, 2.24) is 9.97 Å². The number of para-hydroxylation sites is 1. The van der Waals surface area contributed by atoms with E-state index in [0.717, 1.165) is 16.7 Å². The lowest BCUT2D eigenvalue weighted by Crippen LogP contribution is -1.96. The molecule has 0 unspecified atom stereocenters. The Balaban J connectivity index is 1.35. The summed E-state index contributed by atoms with van der Waals surface area (Å²) in [6.45, 7) is 0. The Labute approximate surface area is 189 Å². The van der Waals surface area contributed by atoms with Crippen molar-refractivity contribution in [2.24, 2.45) is 0 Å². The Hall–Kier alpha value is -4.89. The standard InChI is InChI=1S/C27H17N3O3/c28-16-17-4-12-21(13-5-17)33-22-14-10-19(11-15-22)18-6-8-20(9-7-18)26-29-24-3-1-2-23(27(31)32)25(24)30-26/h1-15H,(H,29,30)(H,31,32). The van der Waals surface area contributed by atoms with E-state index in [1.54, 1.807) is 36.4 Å². The summed E-state index contributed by atoms with van der Waals surface area (Å²) in [5, 5.41) is 18.3. The van der Waals surface area contributed by atoms with Crippen molar-refractivity contribution in [3.63, 3.8) is 0 Å². The normalized spacial score (nSPS) is 10.6. The lowest BCUT2D eigenvalue weighted by atomic mass is 10.0. The van der Waals surface area contributed by atoms with Gasteiger partial charge in [-0.05, 0) is 59.7 Å². The zero-order valence-corrected chi connectivity index (χ0v) is 17.3. The van der Waals surface area contributed by atoms with Gasteiger partial charge in [0.2, 0.25) is 0 Å². The van der Waals surface area contributed by atoms with Gasteiger partial charge in [0.1, 0.15) is 22.8 Å². The summed E-state index contributed by atoms with van der Waals surface area (Å²) >= 11 is 0. The molecule has 2 N–H and O–H groups in total. The minimum atomic E-state index is -0.999. The smallest absolute Gasteiger partial charge is 0.337 e. The molecule has 1 heterocycles. The van der Waals surface area contributed by atoms with Gasteiger partial charge < -0.3 is 14.8 Å². The number of carboxylic acid groups (broad SMARTS) is 1. The van der Waals surface area contributed by atoms with Gasteiger partial charge >= 0.3 is 5.97 Å². The van der Waals surface area contributed by atoms with Crippen molar-refractivity contribution in [2.45, 2.75) is 0 Å². The third kappa shape index (κ3) is 4.03. The molecule has 0 saturated heterocycles. The molecule has 6 nitrogen and oxygen atoms in total. The second-order valence-corrected chi connectivity index (χ2v) is 7.43. The molecule has 4 aromatic carbocycles. The quantitative estimate of drug-likeness (QED) is 0.342. The van der Waals surface area contributed by atoms with Crippen molar-refractivity contribution in [1.29, 1.82) is 5.26 Å². The third-order valence-electron chi connectivity index (χ3n) is 5.31. The summed E-state index contributed by atoms with van der Waals surface area (Å²) in [6, 6.07) is 29.8. The summed E-state index contributed by atoms with van der Waals surface area (Å²) in [6.07, 6.45) is 0. The zero-order valence-electron chi connectivity index (χ0n) is 17.3. The molecule has 1 aromatic heterocycles. The summed E-state index contributed by atoms with van der Waals surface area (Å²) in [5.74, 6) is 0.997. The molecule has 0 aliphatic heterocycles. The number of carbonyl (C=O) groups is 1. The molecule has 0 aliphatic rings. The van der Waals surface area contributed by atoms with Gasteiger partial charge in [-0.15, -0.1) is 0 Å². The van der Waals surface area contributed by atoms with E-state index in [1.165, 1.54) is 0 Å². The Morgan fingerprint density at radius 3 is 2.00 bits per heavy atom. The molecule has 6 heteroatoms. The maximum absolute atomic E-state index is 11.4. The van der Waals surface area contributed by atoms with Gasteiger partial charge in [0.05, 0.1) is 22.7 Å². The first-order chi connectivity index (χ1) is 16.1. The van der Waals surface area contributed by atoms with Crippen LogP contribution in [0.3, 0.4) is 0 Å².